The summed E-state index contributed by atoms with van der Waals surface area (Å²) in [6, 6.07) is 0.175. The van der Waals surface area contributed by atoms with Gasteiger partial charge < -0.3 is 5.11 Å². The van der Waals surface area contributed by atoms with Crippen LogP contribution in [0.3, 0.4) is 0 Å². The highest BCUT2D eigenvalue weighted by atomic mass is 16.3. The van der Waals surface area contributed by atoms with Crippen LogP contribution in [0.25, 0.3) is 0 Å². The Labute approximate surface area is 77.7 Å². The molecule has 2 saturated heterocycles. The first-order chi connectivity index (χ1) is 6.24. The third-order valence-corrected chi connectivity index (χ3v) is 4.01. The van der Waals surface area contributed by atoms with Crippen molar-refractivity contribution in [2.45, 2.75) is 37.8 Å². The number of hydrogen-bond donors (Lipinski definition) is 1. The van der Waals surface area contributed by atoms with Gasteiger partial charge in [-0.3, -0.25) is 9.69 Å². The molecule has 0 aromatic carbocycles. The van der Waals surface area contributed by atoms with Crippen molar-refractivity contribution < 1.29 is 9.90 Å². The molecule has 3 aliphatic rings. The number of fused-ring (bicyclic) bond motifs is 2. The van der Waals surface area contributed by atoms with E-state index in [1.54, 1.807) is 0 Å². The molecule has 13 heavy (non-hydrogen) atoms. The number of carbonyl (C=O) groups is 1. The summed E-state index contributed by atoms with van der Waals surface area (Å²) in [4.78, 5) is 14.0. The highest BCUT2D eigenvalue weighted by Crippen LogP contribution is 2.56. The van der Waals surface area contributed by atoms with E-state index in [9.17, 15) is 9.90 Å². The largest absolute Gasteiger partial charge is 0.391 e. The van der Waals surface area contributed by atoms with Gasteiger partial charge in [-0.25, -0.2) is 0 Å². The van der Waals surface area contributed by atoms with Gasteiger partial charge in [-0.05, 0) is 19.3 Å². The number of carbonyl (C=O) groups excluding carboxylic acids is 1. The predicted molar refractivity (Wildman–Crippen MR) is 47.3 cm³/mol. The van der Waals surface area contributed by atoms with Gasteiger partial charge in [0, 0.05) is 31.0 Å². The minimum absolute atomic E-state index is 0.103. The Morgan fingerprint density at radius 3 is 2.85 bits per heavy atom. The summed E-state index contributed by atoms with van der Waals surface area (Å²) in [5.74, 6) is 0.412. The lowest BCUT2D eigenvalue weighted by molar-refractivity contribution is -0.132. The number of aliphatic hydroxyl groups is 1. The molecule has 3 heteroatoms. The van der Waals surface area contributed by atoms with E-state index in [1.165, 1.54) is 0 Å². The second-order valence-electron chi connectivity index (χ2n) is 4.67. The lowest BCUT2D eigenvalue weighted by Crippen LogP contribution is -2.51. The predicted octanol–water partition coefficient (Wildman–Crippen LogP) is 0.175. The van der Waals surface area contributed by atoms with Gasteiger partial charge in [0.15, 0.2) is 0 Å². The van der Waals surface area contributed by atoms with Crippen LogP contribution in [-0.4, -0.2) is 41.0 Å². The number of rotatable bonds is 0. The Balaban J connectivity index is 1.95. The van der Waals surface area contributed by atoms with E-state index in [0.29, 0.717) is 12.2 Å². The first kappa shape index (κ1) is 7.94. The second kappa shape index (κ2) is 2.34. The topological polar surface area (TPSA) is 40.5 Å². The lowest BCUT2D eigenvalue weighted by atomic mass is 9.83. The third-order valence-electron chi connectivity index (χ3n) is 4.01. The number of Topliss-reactive ketones (excluding diaryl/α,β-unsaturated/α-hetero) is 1. The molecule has 0 aromatic heterocycles. The van der Waals surface area contributed by atoms with Gasteiger partial charge in [0.05, 0.1) is 6.10 Å². The van der Waals surface area contributed by atoms with Crippen LogP contribution in [0.1, 0.15) is 25.7 Å². The summed E-state index contributed by atoms with van der Waals surface area (Å²) in [6.45, 7) is 1.86. The summed E-state index contributed by atoms with van der Waals surface area (Å²) < 4.78 is 0. The average molecular weight is 181 g/mol. The normalized spacial score (nSPS) is 42.4. The standard InChI is InChI=1S/C10H15NO2/c12-7-1-5-11-6-2-8(13)10(3-4-10)9(7)11/h7,9,12H,1-6H2/t7-,9-/m0/s1. The van der Waals surface area contributed by atoms with Crippen LogP contribution in [0.15, 0.2) is 0 Å². The Hall–Kier alpha value is -0.410. The highest BCUT2D eigenvalue weighted by molar-refractivity contribution is 5.89. The molecule has 72 valence electrons. The van der Waals surface area contributed by atoms with E-state index in [2.05, 4.69) is 4.90 Å². The maximum Gasteiger partial charge on any atom is 0.141 e. The minimum Gasteiger partial charge on any atom is -0.391 e. The maximum absolute atomic E-state index is 11.7. The maximum atomic E-state index is 11.7. The average Bonchev–Trinajstić information content (AvgIpc) is 2.81. The van der Waals surface area contributed by atoms with Crippen LogP contribution in [-0.2, 0) is 4.79 Å². The van der Waals surface area contributed by atoms with Gasteiger partial charge in [0.1, 0.15) is 5.78 Å². The summed E-state index contributed by atoms with van der Waals surface area (Å²) in [6.07, 6.45) is 3.36. The first-order valence-electron chi connectivity index (χ1n) is 5.19. The molecule has 2 heterocycles. The molecule has 0 unspecified atom stereocenters. The minimum atomic E-state index is -0.244. The highest BCUT2D eigenvalue weighted by Gasteiger charge is 2.62. The van der Waals surface area contributed by atoms with Crippen molar-refractivity contribution in [1.82, 2.24) is 4.90 Å². The fourth-order valence-corrected chi connectivity index (χ4v) is 3.18. The number of ketones is 1. The van der Waals surface area contributed by atoms with E-state index in [4.69, 9.17) is 0 Å². The molecule has 1 aliphatic carbocycles. The zero-order valence-electron chi connectivity index (χ0n) is 7.70. The SMILES string of the molecule is O=C1CCN2CC[C@H](O)[C@H]2C12CC2. The lowest BCUT2D eigenvalue weighted by Gasteiger charge is -2.37. The van der Waals surface area contributed by atoms with E-state index in [1.807, 2.05) is 0 Å². The fourth-order valence-electron chi connectivity index (χ4n) is 3.18. The molecular formula is C10H15NO2. The zero-order chi connectivity index (χ0) is 9.05. The van der Waals surface area contributed by atoms with Gasteiger partial charge in [0.25, 0.3) is 0 Å². The monoisotopic (exact) mass is 181 g/mol. The molecule has 1 spiro atoms. The Morgan fingerprint density at radius 2 is 2.15 bits per heavy atom. The molecule has 2 atom stereocenters. The number of nitrogens with zero attached hydrogens (tertiary/aromatic N) is 1. The van der Waals surface area contributed by atoms with Gasteiger partial charge in [-0.15, -0.1) is 0 Å². The molecule has 0 bridgehead atoms. The van der Waals surface area contributed by atoms with Crippen molar-refractivity contribution in [1.29, 1.82) is 0 Å². The van der Waals surface area contributed by atoms with Crippen LogP contribution in [0.4, 0.5) is 0 Å². The molecule has 0 amide bonds. The van der Waals surface area contributed by atoms with Crippen LogP contribution in [0, 0.1) is 5.41 Å². The first-order valence-corrected chi connectivity index (χ1v) is 5.19. The molecule has 3 nitrogen and oxygen atoms in total. The smallest absolute Gasteiger partial charge is 0.141 e. The summed E-state index contributed by atoms with van der Waals surface area (Å²) in [5, 5.41) is 9.82. The third kappa shape index (κ3) is 0.891. The van der Waals surface area contributed by atoms with Crippen LogP contribution in [0.2, 0.25) is 0 Å². The molecule has 2 aliphatic heterocycles. The van der Waals surface area contributed by atoms with E-state index in [-0.39, 0.29) is 17.6 Å². The summed E-state index contributed by atoms with van der Waals surface area (Å²) in [7, 11) is 0. The van der Waals surface area contributed by atoms with Gasteiger partial charge in [-0.1, -0.05) is 0 Å². The van der Waals surface area contributed by atoms with Crippen LogP contribution < -0.4 is 0 Å². The van der Waals surface area contributed by atoms with Crippen molar-refractivity contribution in [3.05, 3.63) is 0 Å². The summed E-state index contributed by atoms with van der Waals surface area (Å²) in [5.41, 5.74) is -0.103. The number of piperidine rings is 1. The van der Waals surface area contributed by atoms with Gasteiger partial charge in [-0.2, -0.15) is 0 Å². The van der Waals surface area contributed by atoms with Gasteiger partial charge in [0.2, 0.25) is 0 Å². The van der Waals surface area contributed by atoms with Crippen molar-refractivity contribution >= 4 is 5.78 Å². The fraction of sp³-hybridized carbons (Fsp3) is 0.900. The van der Waals surface area contributed by atoms with Crippen molar-refractivity contribution in [3.63, 3.8) is 0 Å². The Morgan fingerprint density at radius 1 is 1.38 bits per heavy atom. The quantitative estimate of drug-likeness (QED) is 0.579. The van der Waals surface area contributed by atoms with E-state index in [0.717, 1.165) is 32.4 Å². The van der Waals surface area contributed by atoms with E-state index >= 15 is 0 Å². The molecule has 1 N–H and O–H groups in total. The number of aliphatic hydroxyl groups excluding tert-OH is 1. The van der Waals surface area contributed by atoms with Gasteiger partial charge >= 0.3 is 0 Å². The van der Waals surface area contributed by atoms with Crippen molar-refractivity contribution in [2.75, 3.05) is 13.1 Å². The molecule has 3 fully saturated rings. The Kier molecular flexibility index (Phi) is 1.43. The van der Waals surface area contributed by atoms with Crippen molar-refractivity contribution in [2.24, 2.45) is 5.41 Å². The molecule has 0 aromatic rings. The summed E-state index contributed by atoms with van der Waals surface area (Å²) >= 11 is 0. The number of hydrogen-bond acceptors (Lipinski definition) is 3. The molecule has 3 rings (SSSR count). The zero-order valence-corrected chi connectivity index (χ0v) is 7.70. The molecule has 0 radical (unpaired) electrons. The van der Waals surface area contributed by atoms with Crippen LogP contribution >= 0.6 is 0 Å². The molecular weight excluding hydrogens is 166 g/mol. The molecule has 1 saturated carbocycles. The second-order valence-corrected chi connectivity index (χ2v) is 4.67. The Bertz CT molecular complexity index is 260. The van der Waals surface area contributed by atoms with Crippen molar-refractivity contribution in [3.8, 4) is 0 Å². The van der Waals surface area contributed by atoms with Crippen LogP contribution in [0.5, 0.6) is 0 Å². The van der Waals surface area contributed by atoms with E-state index < -0.39 is 0 Å².